The standard InChI is InChI=1S/C27H19Cl2N3OS/c1-15-7-9-17(10-8-15)23-14-34-27(31-23)32-26(33)24-16(2)25(19-12-11-18(28)13-21(19)29)30-22-6-4-3-5-20(22)24/h3-14H,1-2H3,(H,31,32,33). The number of aryl methyl sites for hydroxylation is 1. The van der Waals surface area contributed by atoms with Crippen LogP contribution in [0.4, 0.5) is 5.13 Å². The van der Waals surface area contributed by atoms with Gasteiger partial charge in [0.15, 0.2) is 5.13 Å². The van der Waals surface area contributed by atoms with Crippen LogP contribution in [0.15, 0.2) is 72.1 Å². The monoisotopic (exact) mass is 503 g/mol. The van der Waals surface area contributed by atoms with Gasteiger partial charge in [0.2, 0.25) is 0 Å². The molecule has 5 aromatic rings. The number of carbonyl (C=O) groups excluding carboxylic acids is 1. The van der Waals surface area contributed by atoms with Crippen LogP contribution >= 0.6 is 34.5 Å². The average molecular weight is 504 g/mol. The van der Waals surface area contributed by atoms with Crippen molar-refractivity contribution in [3.8, 4) is 22.5 Å². The van der Waals surface area contributed by atoms with Crippen LogP contribution in [-0.4, -0.2) is 15.9 Å². The number of halogens is 2. The fourth-order valence-corrected chi connectivity index (χ4v) is 5.10. The Morgan fingerprint density at radius 3 is 2.47 bits per heavy atom. The fraction of sp³-hybridized carbons (Fsp3) is 0.0741. The molecule has 5 rings (SSSR count). The first-order chi connectivity index (χ1) is 16.4. The smallest absolute Gasteiger partial charge is 0.258 e. The zero-order valence-corrected chi connectivity index (χ0v) is 20.7. The maximum absolute atomic E-state index is 13.5. The van der Waals surface area contributed by atoms with E-state index < -0.39 is 0 Å². The molecule has 2 aromatic heterocycles. The average Bonchev–Trinajstić information content (AvgIpc) is 3.27. The van der Waals surface area contributed by atoms with Gasteiger partial charge in [-0.05, 0) is 43.7 Å². The second kappa shape index (κ2) is 9.18. The van der Waals surface area contributed by atoms with Crippen molar-refractivity contribution in [2.24, 2.45) is 0 Å². The number of carbonyl (C=O) groups is 1. The lowest BCUT2D eigenvalue weighted by Gasteiger charge is -2.15. The maximum Gasteiger partial charge on any atom is 0.258 e. The normalized spacial score (nSPS) is 11.1. The Morgan fingerprint density at radius 2 is 1.71 bits per heavy atom. The number of amides is 1. The Hall–Kier alpha value is -3.25. The van der Waals surface area contributed by atoms with Gasteiger partial charge in [-0.3, -0.25) is 10.1 Å². The van der Waals surface area contributed by atoms with Gasteiger partial charge in [-0.2, -0.15) is 0 Å². The van der Waals surface area contributed by atoms with Gasteiger partial charge >= 0.3 is 0 Å². The van der Waals surface area contributed by atoms with Crippen molar-refractivity contribution in [1.82, 2.24) is 9.97 Å². The topological polar surface area (TPSA) is 54.9 Å². The van der Waals surface area contributed by atoms with Crippen LogP contribution in [0.5, 0.6) is 0 Å². The summed E-state index contributed by atoms with van der Waals surface area (Å²) < 4.78 is 0. The fourth-order valence-electron chi connectivity index (χ4n) is 3.89. The third-order valence-corrected chi connectivity index (χ3v) is 6.93. The van der Waals surface area contributed by atoms with Gasteiger partial charge in [0.25, 0.3) is 5.91 Å². The van der Waals surface area contributed by atoms with E-state index >= 15 is 0 Å². The Labute approximate surface area is 211 Å². The first-order valence-electron chi connectivity index (χ1n) is 10.6. The molecule has 168 valence electrons. The van der Waals surface area contributed by atoms with Crippen molar-refractivity contribution in [1.29, 1.82) is 0 Å². The van der Waals surface area contributed by atoms with Crippen LogP contribution in [0.3, 0.4) is 0 Å². The van der Waals surface area contributed by atoms with Gasteiger partial charge < -0.3 is 0 Å². The van der Waals surface area contributed by atoms with E-state index in [0.29, 0.717) is 32.0 Å². The Kier molecular flexibility index (Phi) is 6.09. The number of fused-ring (bicyclic) bond motifs is 1. The summed E-state index contributed by atoms with van der Waals surface area (Å²) in [6, 6.07) is 21.0. The second-order valence-electron chi connectivity index (χ2n) is 7.96. The van der Waals surface area contributed by atoms with Crippen molar-refractivity contribution >= 4 is 56.5 Å². The third kappa shape index (κ3) is 4.30. The molecule has 34 heavy (non-hydrogen) atoms. The minimum Gasteiger partial charge on any atom is -0.298 e. The number of nitrogens with one attached hydrogen (secondary N) is 1. The first kappa shape index (κ1) is 22.5. The van der Waals surface area contributed by atoms with Crippen molar-refractivity contribution in [3.63, 3.8) is 0 Å². The summed E-state index contributed by atoms with van der Waals surface area (Å²) in [5.41, 5.74) is 6.36. The molecule has 0 aliphatic heterocycles. The zero-order valence-electron chi connectivity index (χ0n) is 18.4. The number of hydrogen-bond donors (Lipinski definition) is 1. The lowest BCUT2D eigenvalue weighted by molar-refractivity contribution is 0.102. The molecule has 0 atom stereocenters. The number of pyridine rings is 1. The largest absolute Gasteiger partial charge is 0.298 e. The first-order valence-corrected chi connectivity index (χ1v) is 12.2. The number of benzene rings is 3. The van der Waals surface area contributed by atoms with E-state index in [1.54, 1.807) is 12.1 Å². The van der Waals surface area contributed by atoms with Crippen LogP contribution in [0, 0.1) is 13.8 Å². The molecule has 4 nitrogen and oxygen atoms in total. The van der Waals surface area contributed by atoms with E-state index in [2.05, 4.69) is 10.3 Å². The third-order valence-electron chi connectivity index (χ3n) is 5.62. The van der Waals surface area contributed by atoms with Crippen molar-refractivity contribution in [3.05, 3.63) is 98.8 Å². The van der Waals surface area contributed by atoms with Gasteiger partial charge in [0.05, 0.1) is 27.5 Å². The number of aromatic nitrogens is 2. The van der Waals surface area contributed by atoms with Gasteiger partial charge in [-0.15, -0.1) is 11.3 Å². The van der Waals surface area contributed by atoms with E-state index in [0.717, 1.165) is 27.8 Å². The summed E-state index contributed by atoms with van der Waals surface area (Å²) in [5, 5.41) is 7.24. The molecule has 1 amide bonds. The molecule has 2 heterocycles. The highest BCUT2D eigenvalue weighted by atomic mass is 35.5. The van der Waals surface area contributed by atoms with Crippen LogP contribution in [0.2, 0.25) is 10.0 Å². The van der Waals surface area contributed by atoms with Crippen LogP contribution in [0.1, 0.15) is 21.5 Å². The number of anilines is 1. The van der Waals surface area contributed by atoms with E-state index in [9.17, 15) is 4.79 Å². The minimum atomic E-state index is -0.243. The molecule has 0 aliphatic carbocycles. The Bertz CT molecular complexity index is 1540. The molecule has 0 saturated carbocycles. The van der Waals surface area contributed by atoms with Gasteiger partial charge in [0.1, 0.15) is 0 Å². The molecule has 0 radical (unpaired) electrons. The quantitative estimate of drug-likeness (QED) is 0.268. The number of hydrogen-bond acceptors (Lipinski definition) is 4. The molecule has 0 fully saturated rings. The summed E-state index contributed by atoms with van der Waals surface area (Å²) in [6.45, 7) is 3.93. The molecule has 0 unspecified atom stereocenters. The van der Waals surface area contributed by atoms with Gasteiger partial charge in [0, 0.05) is 26.9 Å². The predicted octanol–water partition coefficient (Wildman–Crippen LogP) is 8.20. The molecular formula is C27H19Cl2N3OS. The van der Waals surface area contributed by atoms with Crippen LogP contribution in [-0.2, 0) is 0 Å². The highest BCUT2D eigenvalue weighted by Crippen LogP contribution is 2.35. The van der Waals surface area contributed by atoms with Gasteiger partial charge in [-0.1, -0.05) is 71.2 Å². The summed E-state index contributed by atoms with van der Waals surface area (Å²) >= 11 is 14.0. The minimum absolute atomic E-state index is 0.243. The maximum atomic E-state index is 13.5. The number of rotatable bonds is 4. The number of nitrogens with zero attached hydrogens (tertiary/aromatic N) is 2. The van der Waals surface area contributed by atoms with E-state index in [1.807, 2.05) is 73.8 Å². The van der Waals surface area contributed by atoms with Crippen molar-refractivity contribution in [2.75, 3.05) is 5.32 Å². The zero-order chi connectivity index (χ0) is 23.8. The van der Waals surface area contributed by atoms with Crippen LogP contribution < -0.4 is 5.32 Å². The van der Waals surface area contributed by atoms with E-state index in [1.165, 1.54) is 16.9 Å². The lowest BCUT2D eigenvalue weighted by atomic mass is 9.97. The molecule has 0 aliphatic rings. The lowest BCUT2D eigenvalue weighted by Crippen LogP contribution is -2.15. The number of thiazole rings is 1. The van der Waals surface area contributed by atoms with Crippen LogP contribution in [0.25, 0.3) is 33.4 Å². The van der Waals surface area contributed by atoms with E-state index in [-0.39, 0.29) is 5.91 Å². The highest BCUT2D eigenvalue weighted by Gasteiger charge is 2.21. The van der Waals surface area contributed by atoms with Crippen molar-refractivity contribution < 1.29 is 4.79 Å². The SMILES string of the molecule is Cc1ccc(-c2csc(NC(=O)c3c(C)c(-c4ccc(Cl)cc4Cl)nc4ccccc34)n2)cc1. The van der Waals surface area contributed by atoms with Gasteiger partial charge in [-0.25, -0.2) is 9.97 Å². The Morgan fingerprint density at radius 1 is 0.941 bits per heavy atom. The molecule has 7 heteroatoms. The predicted molar refractivity (Wildman–Crippen MR) is 142 cm³/mol. The van der Waals surface area contributed by atoms with E-state index in [4.69, 9.17) is 28.2 Å². The van der Waals surface area contributed by atoms with Crippen molar-refractivity contribution in [2.45, 2.75) is 13.8 Å². The Balaban J connectivity index is 1.56. The molecule has 0 saturated heterocycles. The molecular weight excluding hydrogens is 485 g/mol. The molecule has 1 N–H and O–H groups in total. The molecule has 0 spiro atoms. The highest BCUT2D eigenvalue weighted by molar-refractivity contribution is 7.14. The summed E-state index contributed by atoms with van der Waals surface area (Å²) in [4.78, 5) is 23.0. The molecule has 0 bridgehead atoms. The summed E-state index contributed by atoms with van der Waals surface area (Å²) in [7, 11) is 0. The summed E-state index contributed by atoms with van der Waals surface area (Å²) in [5.74, 6) is -0.243. The number of para-hydroxylation sites is 1. The second-order valence-corrected chi connectivity index (χ2v) is 9.66. The summed E-state index contributed by atoms with van der Waals surface area (Å²) in [6.07, 6.45) is 0. The molecule has 3 aromatic carbocycles.